The van der Waals surface area contributed by atoms with Crippen molar-refractivity contribution >= 4 is 0 Å². The third kappa shape index (κ3) is 1.72. The summed E-state index contributed by atoms with van der Waals surface area (Å²) in [6.45, 7) is 1.62. The lowest BCUT2D eigenvalue weighted by molar-refractivity contribution is 0.490. The molecule has 0 bridgehead atoms. The van der Waals surface area contributed by atoms with E-state index in [2.05, 4.69) is 4.98 Å². The van der Waals surface area contributed by atoms with Crippen molar-refractivity contribution in [1.82, 2.24) is 4.98 Å². The molecule has 1 aromatic heterocycles. The zero-order valence-electron chi connectivity index (χ0n) is 7.72. The quantitative estimate of drug-likeness (QED) is 0.680. The molecule has 1 aromatic carbocycles. The zero-order valence-corrected chi connectivity index (χ0v) is 7.72. The number of aryl methyl sites for hydroxylation is 1. The summed E-state index contributed by atoms with van der Waals surface area (Å²) in [5.41, 5.74) is -0.193. The van der Waals surface area contributed by atoms with E-state index in [1.54, 1.807) is 6.92 Å². The first-order valence-electron chi connectivity index (χ1n) is 4.15. The average molecular weight is 213 g/mol. The summed E-state index contributed by atoms with van der Waals surface area (Å²) in [5.74, 6) is -2.88. The van der Waals surface area contributed by atoms with Crippen molar-refractivity contribution in [3.05, 3.63) is 41.5 Å². The Kier molecular flexibility index (Phi) is 2.22. The van der Waals surface area contributed by atoms with Crippen molar-refractivity contribution in [3.8, 4) is 11.5 Å². The van der Waals surface area contributed by atoms with Crippen LogP contribution in [0.4, 0.5) is 13.2 Å². The van der Waals surface area contributed by atoms with Gasteiger partial charge in [-0.25, -0.2) is 18.2 Å². The molecule has 0 radical (unpaired) electrons. The molecular formula is C10H6F3NO. The van der Waals surface area contributed by atoms with Crippen LogP contribution in [0.15, 0.2) is 22.7 Å². The van der Waals surface area contributed by atoms with Crippen LogP contribution in [0.2, 0.25) is 0 Å². The second kappa shape index (κ2) is 3.42. The van der Waals surface area contributed by atoms with E-state index in [0.717, 1.165) is 6.07 Å². The molecule has 0 saturated carbocycles. The van der Waals surface area contributed by atoms with Gasteiger partial charge in [-0.15, -0.1) is 0 Å². The first kappa shape index (κ1) is 9.76. The van der Waals surface area contributed by atoms with Gasteiger partial charge in [-0.2, -0.15) is 0 Å². The molecule has 0 aliphatic rings. The van der Waals surface area contributed by atoms with Crippen LogP contribution in [-0.4, -0.2) is 4.98 Å². The smallest absolute Gasteiger partial charge is 0.229 e. The highest BCUT2D eigenvalue weighted by molar-refractivity contribution is 5.54. The van der Waals surface area contributed by atoms with Gasteiger partial charge in [0.15, 0.2) is 11.6 Å². The molecule has 78 valence electrons. The summed E-state index contributed by atoms with van der Waals surface area (Å²) in [6.07, 6.45) is 1.37. The Hall–Kier alpha value is -1.78. The van der Waals surface area contributed by atoms with Crippen LogP contribution in [0.3, 0.4) is 0 Å². The van der Waals surface area contributed by atoms with Crippen molar-refractivity contribution in [2.75, 3.05) is 0 Å². The molecule has 0 atom stereocenters. The summed E-state index contributed by atoms with van der Waals surface area (Å²) in [6, 6.07) is 1.18. The maximum atomic E-state index is 13.2. The third-order valence-electron chi connectivity index (χ3n) is 1.86. The second-order valence-electron chi connectivity index (χ2n) is 3.02. The van der Waals surface area contributed by atoms with E-state index in [0.29, 0.717) is 11.8 Å². The van der Waals surface area contributed by atoms with Gasteiger partial charge in [-0.05, 0) is 13.0 Å². The summed E-state index contributed by atoms with van der Waals surface area (Å²) >= 11 is 0. The number of oxazole rings is 1. The summed E-state index contributed by atoms with van der Waals surface area (Å²) in [4.78, 5) is 3.72. The summed E-state index contributed by atoms with van der Waals surface area (Å²) < 4.78 is 43.7. The van der Waals surface area contributed by atoms with Crippen molar-refractivity contribution in [2.24, 2.45) is 0 Å². The van der Waals surface area contributed by atoms with Crippen molar-refractivity contribution in [1.29, 1.82) is 0 Å². The Morgan fingerprint density at radius 2 is 1.73 bits per heavy atom. The van der Waals surface area contributed by atoms with E-state index in [-0.39, 0.29) is 11.5 Å². The van der Waals surface area contributed by atoms with Crippen LogP contribution in [0.25, 0.3) is 11.5 Å². The topological polar surface area (TPSA) is 26.0 Å². The van der Waals surface area contributed by atoms with E-state index in [4.69, 9.17) is 4.42 Å². The SMILES string of the molecule is Cc1cnc(-c2cc(F)c(F)cc2F)o1. The number of rotatable bonds is 1. The Morgan fingerprint density at radius 3 is 2.33 bits per heavy atom. The Morgan fingerprint density at radius 1 is 1.07 bits per heavy atom. The minimum atomic E-state index is -1.24. The maximum Gasteiger partial charge on any atom is 0.229 e. The lowest BCUT2D eigenvalue weighted by atomic mass is 10.2. The number of hydrogen-bond donors (Lipinski definition) is 0. The average Bonchev–Trinajstić information content (AvgIpc) is 2.58. The molecule has 5 heteroatoms. The molecule has 2 nitrogen and oxygen atoms in total. The fraction of sp³-hybridized carbons (Fsp3) is 0.100. The van der Waals surface area contributed by atoms with Crippen LogP contribution in [0, 0.1) is 24.4 Å². The molecule has 0 spiro atoms. The number of aromatic nitrogens is 1. The second-order valence-corrected chi connectivity index (χ2v) is 3.02. The van der Waals surface area contributed by atoms with Crippen LogP contribution >= 0.6 is 0 Å². The molecule has 0 aliphatic heterocycles. The molecular weight excluding hydrogens is 207 g/mol. The number of halogens is 3. The van der Waals surface area contributed by atoms with Crippen LogP contribution in [0.1, 0.15) is 5.76 Å². The van der Waals surface area contributed by atoms with E-state index >= 15 is 0 Å². The van der Waals surface area contributed by atoms with E-state index in [1.165, 1.54) is 6.20 Å². The highest BCUT2D eigenvalue weighted by Gasteiger charge is 2.14. The van der Waals surface area contributed by atoms with Gasteiger partial charge in [0.1, 0.15) is 11.6 Å². The fourth-order valence-electron chi connectivity index (χ4n) is 1.17. The number of benzene rings is 1. The molecule has 0 fully saturated rings. The Bertz CT molecular complexity index is 507. The lowest BCUT2D eigenvalue weighted by Gasteiger charge is -1.99. The van der Waals surface area contributed by atoms with Gasteiger partial charge in [0, 0.05) is 6.07 Å². The largest absolute Gasteiger partial charge is 0.441 e. The monoisotopic (exact) mass is 213 g/mol. The van der Waals surface area contributed by atoms with Crippen LogP contribution in [0.5, 0.6) is 0 Å². The minimum Gasteiger partial charge on any atom is -0.441 e. The summed E-state index contributed by atoms with van der Waals surface area (Å²) in [5, 5.41) is 0. The van der Waals surface area contributed by atoms with Crippen LogP contribution < -0.4 is 0 Å². The van der Waals surface area contributed by atoms with Crippen molar-refractivity contribution in [2.45, 2.75) is 6.92 Å². The van der Waals surface area contributed by atoms with Gasteiger partial charge in [-0.1, -0.05) is 0 Å². The molecule has 0 N–H and O–H groups in total. The van der Waals surface area contributed by atoms with Crippen LogP contribution in [-0.2, 0) is 0 Å². The molecule has 0 amide bonds. The number of nitrogens with zero attached hydrogens (tertiary/aromatic N) is 1. The minimum absolute atomic E-state index is 0.0658. The zero-order chi connectivity index (χ0) is 11.0. The normalized spacial score (nSPS) is 10.7. The standard InChI is InChI=1S/C10H6F3NO/c1-5-4-14-10(15-5)6-2-8(12)9(13)3-7(6)11/h2-4H,1H3. The van der Waals surface area contributed by atoms with Gasteiger partial charge >= 0.3 is 0 Å². The van der Waals surface area contributed by atoms with E-state index in [1.807, 2.05) is 0 Å². The summed E-state index contributed by atoms with van der Waals surface area (Å²) in [7, 11) is 0. The molecule has 0 unspecified atom stereocenters. The highest BCUT2D eigenvalue weighted by Crippen LogP contribution is 2.24. The van der Waals surface area contributed by atoms with Gasteiger partial charge < -0.3 is 4.42 Å². The predicted molar refractivity (Wildman–Crippen MR) is 46.6 cm³/mol. The fourth-order valence-corrected chi connectivity index (χ4v) is 1.17. The lowest BCUT2D eigenvalue weighted by Crippen LogP contribution is -1.91. The highest BCUT2D eigenvalue weighted by atomic mass is 19.2. The molecule has 1 heterocycles. The molecule has 0 saturated heterocycles. The van der Waals surface area contributed by atoms with Gasteiger partial charge in [-0.3, -0.25) is 0 Å². The van der Waals surface area contributed by atoms with E-state index < -0.39 is 17.5 Å². The Balaban J connectivity index is 2.58. The van der Waals surface area contributed by atoms with Gasteiger partial charge in [0.05, 0.1) is 11.8 Å². The molecule has 15 heavy (non-hydrogen) atoms. The third-order valence-corrected chi connectivity index (χ3v) is 1.86. The molecule has 2 aromatic rings. The first-order valence-corrected chi connectivity index (χ1v) is 4.15. The Labute approximate surface area is 83.4 Å². The number of hydrogen-bond acceptors (Lipinski definition) is 2. The van der Waals surface area contributed by atoms with Crippen molar-refractivity contribution < 1.29 is 17.6 Å². The maximum absolute atomic E-state index is 13.2. The van der Waals surface area contributed by atoms with Gasteiger partial charge in [0.25, 0.3) is 0 Å². The van der Waals surface area contributed by atoms with E-state index in [9.17, 15) is 13.2 Å². The molecule has 0 aliphatic carbocycles. The van der Waals surface area contributed by atoms with Gasteiger partial charge in [0.2, 0.25) is 5.89 Å². The van der Waals surface area contributed by atoms with Crippen molar-refractivity contribution in [3.63, 3.8) is 0 Å². The first-order chi connectivity index (χ1) is 7.08. The predicted octanol–water partition coefficient (Wildman–Crippen LogP) is 3.07. The molecule has 2 rings (SSSR count).